The van der Waals surface area contributed by atoms with Crippen LogP contribution in [-0.2, 0) is 16.1 Å². The van der Waals surface area contributed by atoms with Crippen LogP contribution >= 0.6 is 56.5 Å². The molecule has 5 rings (SSSR count). The number of hydrogen-bond acceptors (Lipinski definition) is 8. The maximum atomic E-state index is 14.2. The van der Waals surface area contributed by atoms with Gasteiger partial charge < -0.3 is 18.9 Å². The third-order valence-corrected chi connectivity index (χ3v) is 9.52. The third kappa shape index (κ3) is 7.52. The minimum absolute atomic E-state index is 0.112. The number of halogens is 2. The van der Waals surface area contributed by atoms with E-state index >= 15 is 0 Å². The molecular formula is C35H34I2N2O6S. The van der Waals surface area contributed by atoms with E-state index in [-0.39, 0.29) is 18.3 Å². The molecule has 0 radical (unpaired) electrons. The number of fused-ring (bicyclic) bond motifs is 1. The predicted octanol–water partition coefficient (Wildman–Crippen LogP) is 6.77. The number of para-hydroxylation sites is 1. The monoisotopic (exact) mass is 864 g/mol. The first-order valence-corrected chi connectivity index (χ1v) is 17.9. The molecule has 46 heavy (non-hydrogen) atoms. The van der Waals surface area contributed by atoms with Crippen molar-refractivity contribution >= 4 is 68.6 Å². The summed E-state index contributed by atoms with van der Waals surface area (Å²) >= 11 is 5.78. The van der Waals surface area contributed by atoms with E-state index in [1.54, 1.807) is 18.4 Å². The highest BCUT2D eigenvalue weighted by molar-refractivity contribution is 14.1. The van der Waals surface area contributed by atoms with Gasteiger partial charge in [-0.1, -0.05) is 41.7 Å². The number of benzene rings is 3. The largest absolute Gasteiger partial charge is 0.491 e. The summed E-state index contributed by atoms with van der Waals surface area (Å²) in [5, 5.41) is 0. The maximum Gasteiger partial charge on any atom is 0.338 e. The normalized spacial score (nSPS) is 14.6. The van der Waals surface area contributed by atoms with Crippen molar-refractivity contribution in [3.05, 3.63) is 115 Å². The number of allylic oxidation sites excluding steroid dienone is 1. The summed E-state index contributed by atoms with van der Waals surface area (Å²) in [6.07, 6.45) is 1.72. The van der Waals surface area contributed by atoms with Gasteiger partial charge in [-0.3, -0.25) is 9.36 Å². The van der Waals surface area contributed by atoms with E-state index in [4.69, 9.17) is 23.9 Å². The van der Waals surface area contributed by atoms with Crippen LogP contribution < -0.4 is 29.1 Å². The van der Waals surface area contributed by atoms with E-state index in [9.17, 15) is 9.59 Å². The number of esters is 1. The zero-order valence-corrected chi connectivity index (χ0v) is 31.3. The van der Waals surface area contributed by atoms with Crippen LogP contribution in [0.1, 0.15) is 57.4 Å². The molecule has 8 nitrogen and oxygen atoms in total. The zero-order valence-electron chi connectivity index (χ0n) is 26.1. The average molecular weight is 865 g/mol. The Kier molecular flexibility index (Phi) is 11.3. The molecule has 0 fully saturated rings. The summed E-state index contributed by atoms with van der Waals surface area (Å²) in [5.74, 6) is 1.32. The van der Waals surface area contributed by atoms with Crippen molar-refractivity contribution < 1.29 is 23.7 Å². The molecule has 1 aliphatic heterocycles. The second kappa shape index (κ2) is 15.2. The van der Waals surface area contributed by atoms with Crippen LogP contribution in [-0.4, -0.2) is 29.9 Å². The van der Waals surface area contributed by atoms with Crippen LogP contribution in [0.15, 0.2) is 81.7 Å². The number of hydrogen-bond donors (Lipinski definition) is 0. The topological polar surface area (TPSA) is 88.4 Å². The summed E-state index contributed by atoms with van der Waals surface area (Å²) in [6, 6.07) is 18.7. The quantitative estimate of drug-likeness (QED) is 0.122. The number of nitrogens with zero attached hydrogens (tertiary/aromatic N) is 2. The Morgan fingerprint density at radius 3 is 2.46 bits per heavy atom. The fourth-order valence-electron chi connectivity index (χ4n) is 5.12. The van der Waals surface area contributed by atoms with Gasteiger partial charge in [-0.2, -0.15) is 0 Å². The van der Waals surface area contributed by atoms with Crippen molar-refractivity contribution in [3.63, 3.8) is 0 Å². The second-order valence-corrected chi connectivity index (χ2v) is 14.1. The Labute approximate surface area is 299 Å². The summed E-state index contributed by atoms with van der Waals surface area (Å²) in [7, 11) is 0. The highest BCUT2D eigenvalue weighted by Gasteiger charge is 2.35. The van der Waals surface area contributed by atoms with Crippen molar-refractivity contribution in [2.75, 3.05) is 13.2 Å². The van der Waals surface area contributed by atoms with E-state index < -0.39 is 12.0 Å². The SMILES string of the molecule is CCOC(=O)C1=C(C)N=c2s/c(=C/c3cc(I)c(OCc4ccc(I)cc4)c(OCC)c3)c(=O)n2[C@H]1c1ccccc1OC(C)C. The standard InChI is InChI=1S/C35H34I2N2O6S/c1-6-42-28-17-23(16-26(37)32(28)44-19-22-12-14-24(36)15-13-22)18-29-33(40)39-31(25-10-8-9-11-27(25)45-20(3)4)30(34(41)43-7-2)21(5)38-35(39)46-29/h8-18,20,31H,6-7,19H2,1-5H3/b29-18+/t31-/m0/s1. The molecule has 11 heteroatoms. The molecule has 2 heterocycles. The predicted molar refractivity (Wildman–Crippen MR) is 196 cm³/mol. The van der Waals surface area contributed by atoms with E-state index in [0.717, 1.165) is 18.3 Å². The number of carbonyl (C=O) groups excluding carboxylic acids is 1. The maximum absolute atomic E-state index is 14.2. The van der Waals surface area contributed by atoms with Crippen LogP contribution in [0, 0.1) is 7.14 Å². The van der Waals surface area contributed by atoms with Gasteiger partial charge in [0.15, 0.2) is 16.3 Å². The molecule has 4 aromatic rings. The van der Waals surface area contributed by atoms with Crippen molar-refractivity contribution in [3.8, 4) is 17.2 Å². The van der Waals surface area contributed by atoms with Crippen molar-refractivity contribution in [2.45, 2.75) is 53.4 Å². The summed E-state index contributed by atoms with van der Waals surface area (Å²) in [6.45, 7) is 10.4. The molecule has 3 aromatic carbocycles. The first-order chi connectivity index (χ1) is 22.1. The molecule has 0 spiro atoms. The van der Waals surface area contributed by atoms with E-state index in [2.05, 4.69) is 45.2 Å². The van der Waals surface area contributed by atoms with Crippen molar-refractivity contribution in [2.24, 2.45) is 4.99 Å². The fourth-order valence-corrected chi connectivity index (χ4v) is 7.30. The van der Waals surface area contributed by atoms with Crippen LogP contribution in [0.25, 0.3) is 6.08 Å². The molecule has 0 bridgehead atoms. The van der Waals surface area contributed by atoms with Crippen LogP contribution in [0.2, 0.25) is 0 Å². The summed E-state index contributed by atoms with van der Waals surface area (Å²) < 4.78 is 27.9. The molecule has 0 saturated heterocycles. The van der Waals surface area contributed by atoms with Crippen molar-refractivity contribution in [1.29, 1.82) is 0 Å². The molecule has 0 N–H and O–H groups in total. The van der Waals surface area contributed by atoms with Crippen LogP contribution in [0.3, 0.4) is 0 Å². The molecule has 1 atom stereocenters. The number of ether oxygens (including phenoxy) is 4. The van der Waals surface area contributed by atoms with Gasteiger partial charge in [0.05, 0.1) is 38.7 Å². The van der Waals surface area contributed by atoms with E-state index in [1.165, 1.54) is 11.3 Å². The Balaban J connectivity index is 1.61. The van der Waals surface area contributed by atoms with Crippen LogP contribution in [0.5, 0.6) is 17.2 Å². The van der Waals surface area contributed by atoms with E-state index in [1.807, 2.05) is 87.5 Å². The third-order valence-electron chi connectivity index (χ3n) is 7.02. The van der Waals surface area contributed by atoms with Gasteiger partial charge in [0.25, 0.3) is 5.56 Å². The lowest BCUT2D eigenvalue weighted by Crippen LogP contribution is -2.40. The molecule has 1 aromatic heterocycles. The van der Waals surface area contributed by atoms with Gasteiger partial charge in [0, 0.05) is 9.13 Å². The fraction of sp³-hybridized carbons (Fsp3) is 0.286. The first kappa shape index (κ1) is 34.2. The summed E-state index contributed by atoms with van der Waals surface area (Å²) in [4.78, 5) is 32.8. The number of thiazole rings is 1. The minimum atomic E-state index is -0.774. The first-order valence-electron chi connectivity index (χ1n) is 14.9. The van der Waals surface area contributed by atoms with Crippen molar-refractivity contribution in [1.82, 2.24) is 4.57 Å². The molecule has 0 unspecified atom stereocenters. The minimum Gasteiger partial charge on any atom is -0.491 e. The van der Waals surface area contributed by atoms with E-state index in [0.29, 0.717) is 56.6 Å². The lowest BCUT2D eigenvalue weighted by Gasteiger charge is -2.26. The van der Waals surface area contributed by atoms with Gasteiger partial charge in [0.2, 0.25) is 0 Å². The smallest absolute Gasteiger partial charge is 0.338 e. The second-order valence-electron chi connectivity index (χ2n) is 10.7. The van der Waals surface area contributed by atoms with Crippen LogP contribution in [0.4, 0.5) is 0 Å². The van der Waals surface area contributed by atoms with Gasteiger partial charge in [0.1, 0.15) is 18.4 Å². The number of carbonyl (C=O) groups is 1. The van der Waals surface area contributed by atoms with Gasteiger partial charge >= 0.3 is 5.97 Å². The van der Waals surface area contributed by atoms with Gasteiger partial charge in [-0.05, 0) is 127 Å². The molecule has 0 amide bonds. The average Bonchev–Trinajstić information content (AvgIpc) is 3.31. The Morgan fingerprint density at radius 1 is 1.02 bits per heavy atom. The molecule has 240 valence electrons. The Bertz CT molecular complexity index is 1960. The zero-order chi connectivity index (χ0) is 33.0. The Hall–Kier alpha value is -3.17. The lowest BCUT2D eigenvalue weighted by atomic mass is 9.95. The van der Waals surface area contributed by atoms with Gasteiger partial charge in [-0.25, -0.2) is 9.79 Å². The molecule has 0 aliphatic carbocycles. The Morgan fingerprint density at radius 2 is 1.76 bits per heavy atom. The summed E-state index contributed by atoms with van der Waals surface area (Å²) in [5.41, 5.74) is 3.05. The highest BCUT2D eigenvalue weighted by Crippen LogP contribution is 2.37. The van der Waals surface area contributed by atoms with Gasteiger partial charge in [-0.15, -0.1) is 0 Å². The molecule has 1 aliphatic rings. The number of aromatic nitrogens is 1. The molecule has 0 saturated carbocycles. The lowest BCUT2D eigenvalue weighted by molar-refractivity contribution is -0.139. The molecular weight excluding hydrogens is 830 g/mol. The number of rotatable bonds is 11. The highest BCUT2D eigenvalue weighted by atomic mass is 127.